The number of hydrogen-bond donors (Lipinski definition) is 1. The molecule has 0 aliphatic heterocycles. The summed E-state index contributed by atoms with van der Waals surface area (Å²) in [6, 6.07) is 4.13. The van der Waals surface area contributed by atoms with E-state index in [1.165, 1.54) is 25.3 Å². The Bertz CT molecular complexity index is 746. The van der Waals surface area contributed by atoms with Crippen molar-refractivity contribution < 1.29 is 62.2 Å². The smallest absolute Gasteiger partial charge is 0.550 e. The number of imidazole rings is 1. The number of methoxy groups -OCH3 is 1. The van der Waals surface area contributed by atoms with Crippen LogP contribution in [-0.4, -0.2) is 29.0 Å². The van der Waals surface area contributed by atoms with Crippen LogP contribution in [0.1, 0.15) is 23.0 Å². The molecule has 0 fully saturated rings. The van der Waals surface area contributed by atoms with Gasteiger partial charge >= 0.3 is 41.7 Å². The van der Waals surface area contributed by atoms with Crippen molar-refractivity contribution >= 4 is 23.5 Å². The zero-order chi connectivity index (χ0) is 18.5. The molecule has 1 aromatic carbocycles. The number of carboxylic acids is 1. The second-order valence-electron chi connectivity index (χ2n) is 4.32. The first kappa shape index (κ1) is 23.5. The normalized spacial score (nSPS) is 10.2. The summed E-state index contributed by atoms with van der Waals surface area (Å²) < 4.78 is 41.9. The number of aromatic nitrogens is 2. The molecule has 25 heavy (non-hydrogen) atoms. The van der Waals surface area contributed by atoms with Gasteiger partial charge in [-0.25, -0.2) is 9.78 Å². The van der Waals surface area contributed by atoms with E-state index in [4.69, 9.17) is 21.5 Å². The van der Waals surface area contributed by atoms with Crippen LogP contribution in [0.25, 0.3) is 11.4 Å². The second kappa shape index (κ2) is 9.81. The second-order valence-corrected chi connectivity index (χ2v) is 4.73. The monoisotopic (exact) mass is 386 g/mol. The molecule has 0 aliphatic rings. The van der Waals surface area contributed by atoms with Crippen LogP contribution in [0.3, 0.4) is 0 Å². The Labute approximate surface area is 167 Å². The number of ether oxygens (including phenoxy) is 1. The van der Waals surface area contributed by atoms with Crippen LogP contribution >= 0.6 is 11.6 Å². The van der Waals surface area contributed by atoms with Crippen molar-refractivity contribution in [3.05, 3.63) is 40.7 Å². The first-order valence-electron chi connectivity index (χ1n) is 6.24. The van der Waals surface area contributed by atoms with Gasteiger partial charge in [0.05, 0.1) is 23.9 Å². The molecule has 1 aromatic heterocycles. The Morgan fingerprint density at radius 1 is 1.32 bits per heavy atom. The fourth-order valence-corrected chi connectivity index (χ4v) is 1.81. The molecule has 0 bridgehead atoms. The molecule has 130 valence electrons. The fraction of sp³-hybridized carbons (Fsp3) is 0.214. The molecule has 0 atom stereocenters. The summed E-state index contributed by atoms with van der Waals surface area (Å²) in [5.74, 6) is -1.70. The summed E-state index contributed by atoms with van der Waals surface area (Å²) in [6.45, 7) is 0.972. The number of esters is 1. The molecule has 0 saturated carbocycles. The number of aromatic amines is 1. The van der Waals surface area contributed by atoms with Gasteiger partial charge in [0.1, 0.15) is 11.5 Å². The van der Waals surface area contributed by atoms with E-state index in [0.717, 1.165) is 6.92 Å². The molecule has 0 saturated heterocycles. The van der Waals surface area contributed by atoms with Gasteiger partial charge in [0, 0.05) is 11.5 Å². The molecule has 6 nitrogen and oxygen atoms in total. The molecule has 2 aromatic rings. The van der Waals surface area contributed by atoms with E-state index in [0.29, 0.717) is 11.8 Å². The van der Waals surface area contributed by atoms with E-state index >= 15 is 0 Å². The van der Waals surface area contributed by atoms with Crippen molar-refractivity contribution in [2.45, 2.75) is 13.1 Å². The maximum absolute atomic E-state index is 12.5. The van der Waals surface area contributed by atoms with Gasteiger partial charge in [-0.1, -0.05) is 17.7 Å². The maximum Gasteiger partial charge on any atom is 1.00 e. The molecular weight excluding hydrogens is 376 g/mol. The number of halogens is 4. The third-order valence-corrected chi connectivity index (χ3v) is 2.84. The molecule has 11 heteroatoms. The van der Waals surface area contributed by atoms with Crippen LogP contribution < -0.4 is 34.7 Å². The van der Waals surface area contributed by atoms with Gasteiger partial charge in [0.2, 0.25) is 0 Å². The number of alkyl halides is 3. The molecule has 2 rings (SSSR count). The van der Waals surface area contributed by atoms with E-state index in [1.807, 2.05) is 0 Å². The molecule has 0 radical (unpaired) electrons. The van der Waals surface area contributed by atoms with Crippen LogP contribution in [0.15, 0.2) is 24.4 Å². The minimum atomic E-state index is -4.50. The number of rotatable bonds is 2. The van der Waals surface area contributed by atoms with Crippen molar-refractivity contribution in [3.63, 3.8) is 0 Å². The fourth-order valence-electron chi connectivity index (χ4n) is 1.55. The van der Waals surface area contributed by atoms with E-state index in [9.17, 15) is 18.0 Å². The predicted octanol–water partition coefficient (Wildman–Crippen LogP) is -0.704. The number of hydrogen-bond acceptors (Lipinski definition) is 5. The topological polar surface area (TPSA) is 95.1 Å². The van der Waals surface area contributed by atoms with Crippen LogP contribution in [0.4, 0.5) is 13.2 Å². The van der Waals surface area contributed by atoms with Gasteiger partial charge in [-0.3, -0.25) is 0 Å². The van der Waals surface area contributed by atoms with Crippen molar-refractivity contribution in [1.82, 2.24) is 9.97 Å². The first-order chi connectivity index (χ1) is 11.1. The van der Waals surface area contributed by atoms with Crippen molar-refractivity contribution in [1.29, 1.82) is 0 Å². The number of carboxylic acid groups (broad SMARTS) is 1. The van der Waals surface area contributed by atoms with E-state index in [1.54, 1.807) is 0 Å². The number of H-pyrrole nitrogens is 1. The maximum atomic E-state index is 12.5. The summed E-state index contributed by atoms with van der Waals surface area (Å²) in [5, 5.41) is 8.96. The molecule has 0 spiro atoms. The van der Waals surface area contributed by atoms with Crippen molar-refractivity contribution in [3.8, 4) is 11.4 Å². The van der Waals surface area contributed by atoms with Crippen molar-refractivity contribution in [2.24, 2.45) is 0 Å². The Morgan fingerprint density at radius 3 is 2.28 bits per heavy atom. The third-order valence-electron chi connectivity index (χ3n) is 2.53. The number of benzene rings is 1. The zero-order valence-corrected chi connectivity index (χ0v) is 16.2. The van der Waals surface area contributed by atoms with Crippen molar-refractivity contribution in [2.75, 3.05) is 7.11 Å². The Hall–Kier alpha value is -1.55. The summed E-state index contributed by atoms with van der Waals surface area (Å²) in [7, 11) is 1.20. The Morgan fingerprint density at radius 2 is 1.88 bits per heavy atom. The minimum absolute atomic E-state index is 0. The van der Waals surface area contributed by atoms with Crippen LogP contribution in [0.2, 0.25) is 5.02 Å². The van der Waals surface area contributed by atoms with Crippen LogP contribution in [-0.2, 0) is 15.7 Å². The third kappa shape index (κ3) is 7.07. The van der Waals surface area contributed by atoms with Crippen LogP contribution in [0.5, 0.6) is 0 Å². The number of carbonyl (C=O) groups excluding carboxylic acids is 2. The van der Waals surface area contributed by atoms with E-state index < -0.39 is 23.8 Å². The summed E-state index contributed by atoms with van der Waals surface area (Å²) >= 11 is 5.88. The number of carbonyl (C=O) groups is 2. The molecule has 0 unspecified atom stereocenters. The summed E-state index contributed by atoms with van der Waals surface area (Å²) in [4.78, 5) is 26.0. The van der Waals surface area contributed by atoms with Gasteiger partial charge < -0.3 is 19.6 Å². The molecule has 1 N–H and O–H groups in total. The largest absolute Gasteiger partial charge is 1.00 e. The Kier molecular flexibility index (Phi) is 9.20. The van der Waals surface area contributed by atoms with E-state index in [2.05, 4.69) is 14.7 Å². The standard InChI is InChI=1S/C12H8ClF3N2O2.C2H4O2.Na/c1-20-11(19)7-3-2-6(4-8(7)13)10-17-5-9(18-10)12(14,15)16;1-2(3)4;/h2-5H,1H3,(H,17,18);1H3,(H,3,4);/q;;+1/p-1. The molecule has 0 aliphatic carbocycles. The van der Waals surface area contributed by atoms with E-state index in [-0.39, 0.29) is 46.0 Å². The Balaban J connectivity index is 0.00000104. The number of aliphatic carboxylic acids is 1. The quantitative estimate of drug-likeness (QED) is 0.544. The van der Waals surface area contributed by atoms with Gasteiger partial charge in [0.15, 0.2) is 0 Å². The number of nitrogens with zero attached hydrogens (tertiary/aromatic N) is 1. The van der Waals surface area contributed by atoms with Gasteiger partial charge in [-0.05, 0) is 19.1 Å². The van der Waals surface area contributed by atoms with Gasteiger partial charge in [-0.2, -0.15) is 13.2 Å². The average molecular weight is 387 g/mol. The zero-order valence-electron chi connectivity index (χ0n) is 13.4. The minimum Gasteiger partial charge on any atom is -0.550 e. The molecular formula is C14H11ClF3N2NaO4. The average Bonchev–Trinajstić information content (AvgIpc) is 2.95. The number of nitrogens with one attached hydrogen (secondary N) is 1. The molecule has 0 amide bonds. The summed E-state index contributed by atoms with van der Waals surface area (Å²) in [5.41, 5.74) is -0.501. The molecule has 1 heterocycles. The van der Waals surface area contributed by atoms with Gasteiger partial charge in [0.25, 0.3) is 0 Å². The van der Waals surface area contributed by atoms with Crippen LogP contribution in [0, 0.1) is 0 Å². The van der Waals surface area contributed by atoms with Gasteiger partial charge in [-0.15, -0.1) is 0 Å². The summed E-state index contributed by atoms with van der Waals surface area (Å²) in [6.07, 6.45) is -3.81. The first-order valence-corrected chi connectivity index (χ1v) is 6.62. The SMILES string of the molecule is CC(=O)[O-].COC(=O)c1ccc(-c2ncc(C(F)(F)F)[nH]2)cc1Cl.[Na+]. The predicted molar refractivity (Wildman–Crippen MR) is 76.1 cm³/mol.